The lowest BCUT2D eigenvalue weighted by atomic mass is 10.1. The van der Waals surface area contributed by atoms with Crippen molar-refractivity contribution in [1.29, 1.82) is 0 Å². The van der Waals surface area contributed by atoms with Gasteiger partial charge in [-0.25, -0.2) is 4.68 Å². The van der Waals surface area contributed by atoms with E-state index in [2.05, 4.69) is 61.5 Å². The van der Waals surface area contributed by atoms with Crippen molar-refractivity contribution < 1.29 is 0 Å². The third kappa shape index (κ3) is 3.93. The van der Waals surface area contributed by atoms with Crippen LogP contribution >= 0.6 is 0 Å². The van der Waals surface area contributed by atoms with Crippen molar-refractivity contribution in [3.05, 3.63) is 47.8 Å². The molecule has 0 amide bonds. The van der Waals surface area contributed by atoms with Gasteiger partial charge in [0.25, 0.3) is 0 Å². The summed E-state index contributed by atoms with van der Waals surface area (Å²) in [5, 5.41) is 7.96. The highest BCUT2D eigenvalue weighted by molar-refractivity contribution is 5.34. The minimum Gasteiger partial charge on any atom is -0.309 e. The zero-order chi connectivity index (χ0) is 13.7. The molecule has 1 heterocycles. The molecule has 0 bridgehead atoms. The summed E-state index contributed by atoms with van der Waals surface area (Å²) in [6.07, 6.45) is 4.35. The van der Waals surface area contributed by atoms with Crippen LogP contribution in [0.3, 0.4) is 0 Å². The van der Waals surface area contributed by atoms with E-state index < -0.39 is 0 Å². The van der Waals surface area contributed by atoms with Crippen LogP contribution in [0.15, 0.2) is 36.5 Å². The van der Waals surface area contributed by atoms with Gasteiger partial charge in [-0.05, 0) is 30.2 Å². The number of hydrogen-bond acceptors (Lipinski definition) is 2. The summed E-state index contributed by atoms with van der Waals surface area (Å²) in [4.78, 5) is 0. The second-order valence-electron chi connectivity index (χ2n) is 5.20. The molecular weight excluding hydrogens is 234 g/mol. The lowest BCUT2D eigenvalue weighted by Crippen LogP contribution is -2.22. The second-order valence-corrected chi connectivity index (χ2v) is 5.20. The Morgan fingerprint density at radius 1 is 1.16 bits per heavy atom. The maximum absolute atomic E-state index is 4.58. The Kier molecular flexibility index (Phi) is 4.74. The SMILES string of the molecule is CCCc1ccc(-n2ccc(CNC(C)C)n2)cc1. The molecule has 0 atom stereocenters. The average molecular weight is 257 g/mol. The van der Waals surface area contributed by atoms with Crippen LogP contribution in [0, 0.1) is 0 Å². The Morgan fingerprint density at radius 2 is 1.89 bits per heavy atom. The van der Waals surface area contributed by atoms with Gasteiger partial charge in [-0.1, -0.05) is 39.3 Å². The molecule has 0 saturated carbocycles. The van der Waals surface area contributed by atoms with Crippen LogP contribution in [0.5, 0.6) is 0 Å². The topological polar surface area (TPSA) is 29.9 Å². The first-order valence-corrected chi connectivity index (χ1v) is 7.06. The van der Waals surface area contributed by atoms with E-state index in [0.29, 0.717) is 6.04 Å². The summed E-state index contributed by atoms with van der Waals surface area (Å²) in [7, 11) is 0. The minimum atomic E-state index is 0.485. The first kappa shape index (κ1) is 13.8. The Labute approximate surface area is 115 Å². The number of aromatic nitrogens is 2. The monoisotopic (exact) mass is 257 g/mol. The number of benzene rings is 1. The van der Waals surface area contributed by atoms with E-state index in [4.69, 9.17) is 0 Å². The van der Waals surface area contributed by atoms with E-state index in [1.165, 1.54) is 12.0 Å². The molecule has 102 valence electrons. The summed E-state index contributed by atoms with van der Waals surface area (Å²) in [5.41, 5.74) is 3.59. The molecule has 1 aromatic heterocycles. The van der Waals surface area contributed by atoms with Gasteiger partial charge in [-0.2, -0.15) is 5.10 Å². The van der Waals surface area contributed by atoms with Gasteiger partial charge in [0, 0.05) is 18.8 Å². The second kappa shape index (κ2) is 6.53. The zero-order valence-electron chi connectivity index (χ0n) is 12.1. The van der Waals surface area contributed by atoms with Crippen molar-refractivity contribution in [3.8, 4) is 5.69 Å². The van der Waals surface area contributed by atoms with E-state index >= 15 is 0 Å². The fraction of sp³-hybridized carbons (Fsp3) is 0.438. The Morgan fingerprint density at radius 3 is 2.53 bits per heavy atom. The Balaban J connectivity index is 2.05. The van der Waals surface area contributed by atoms with Crippen molar-refractivity contribution in [2.75, 3.05) is 0 Å². The van der Waals surface area contributed by atoms with Gasteiger partial charge >= 0.3 is 0 Å². The predicted molar refractivity (Wildman–Crippen MR) is 79.5 cm³/mol. The van der Waals surface area contributed by atoms with Crippen LogP contribution in [0.25, 0.3) is 5.69 Å². The number of nitrogens with one attached hydrogen (secondary N) is 1. The summed E-state index contributed by atoms with van der Waals surface area (Å²) in [6, 6.07) is 11.2. The van der Waals surface area contributed by atoms with Gasteiger partial charge in [0.1, 0.15) is 0 Å². The highest BCUT2D eigenvalue weighted by Gasteiger charge is 2.02. The minimum absolute atomic E-state index is 0.485. The standard InChI is InChI=1S/C16H23N3/c1-4-5-14-6-8-16(9-7-14)19-11-10-15(18-19)12-17-13(2)3/h6-11,13,17H,4-5,12H2,1-3H3. The molecule has 0 spiro atoms. The van der Waals surface area contributed by atoms with Crippen LogP contribution in [-0.2, 0) is 13.0 Å². The van der Waals surface area contributed by atoms with E-state index in [0.717, 1.165) is 24.3 Å². The van der Waals surface area contributed by atoms with Crippen molar-refractivity contribution in [3.63, 3.8) is 0 Å². The Hall–Kier alpha value is -1.61. The van der Waals surface area contributed by atoms with Crippen molar-refractivity contribution in [2.24, 2.45) is 0 Å². The van der Waals surface area contributed by atoms with Crippen LogP contribution in [-0.4, -0.2) is 15.8 Å². The van der Waals surface area contributed by atoms with Gasteiger partial charge in [0.15, 0.2) is 0 Å². The zero-order valence-corrected chi connectivity index (χ0v) is 12.1. The molecule has 2 aromatic rings. The molecule has 3 nitrogen and oxygen atoms in total. The highest BCUT2D eigenvalue weighted by Crippen LogP contribution is 2.11. The average Bonchev–Trinajstić information content (AvgIpc) is 2.86. The van der Waals surface area contributed by atoms with Gasteiger partial charge in [0.05, 0.1) is 11.4 Å². The first-order chi connectivity index (χ1) is 9.19. The third-order valence-electron chi connectivity index (χ3n) is 3.08. The lowest BCUT2D eigenvalue weighted by molar-refractivity contribution is 0.578. The number of hydrogen-bond donors (Lipinski definition) is 1. The summed E-state index contributed by atoms with van der Waals surface area (Å²) in [6.45, 7) is 7.31. The van der Waals surface area contributed by atoms with Crippen LogP contribution in [0.4, 0.5) is 0 Å². The fourth-order valence-electron chi connectivity index (χ4n) is 2.01. The summed E-state index contributed by atoms with van der Waals surface area (Å²) >= 11 is 0. The molecule has 19 heavy (non-hydrogen) atoms. The molecule has 2 rings (SSSR count). The fourth-order valence-corrected chi connectivity index (χ4v) is 2.01. The smallest absolute Gasteiger partial charge is 0.0766 e. The summed E-state index contributed by atoms with van der Waals surface area (Å²) in [5.74, 6) is 0. The van der Waals surface area contributed by atoms with Gasteiger partial charge < -0.3 is 5.32 Å². The number of nitrogens with zero attached hydrogens (tertiary/aromatic N) is 2. The van der Waals surface area contributed by atoms with Crippen molar-refractivity contribution >= 4 is 0 Å². The largest absolute Gasteiger partial charge is 0.309 e. The number of aryl methyl sites for hydroxylation is 1. The predicted octanol–water partition coefficient (Wildman–Crippen LogP) is 3.32. The van der Waals surface area contributed by atoms with E-state index in [1.807, 2.05) is 10.9 Å². The molecule has 0 saturated heterocycles. The maximum Gasteiger partial charge on any atom is 0.0766 e. The highest BCUT2D eigenvalue weighted by atomic mass is 15.3. The lowest BCUT2D eigenvalue weighted by Gasteiger charge is -2.06. The third-order valence-corrected chi connectivity index (χ3v) is 3.08. The molecule has 0 unspecified atom stereocenters. The van der Waals surface area contributed by atoms with E-state index in [1.54, 1.807) is 0 Å². The molecular formula is C16H23N3. The summed E-state index contributed by atoms with van der Waals surface area (Å²) < 4.78 is 1.94. The van der Waals surface area contributed by atoms with E-state index in [9.17, 15) is 0 Å². The molecule has 3 heteroatoms. The Bertz CT molecular complexity index is 497. The van der Waals surface area contributed by atoms with Crippen molar-refractivity contribution in [1.82, 2.24) is 15.1 Å². The van der Waals surface area contributed by atoms with E-state index in [-0.39, 0.29) is 0 Å². The molecule has 0 aliphatic carbocycles. The molecule has 0 aliphatic heterocycles. The van der Waals surface area contributed by atoms with Crippen LogP contribution in [0.1, 0.15) is 38.4 Å². The quantitative estimate of drug-likeness (QED) is 0.860. The van der Waals surface area contributed by atoms with Crippen molar-refractivity contribution in [2.45, 2.75) is 46.2 Å². The number of rotatable bonds is 6. The molecule has 0 fully saturated rings. The van der Waals surface area contributed by atoms with Crippen LogP contribution < -0.4 is 5.32 Å². The van der Waals surface area contributed by atoms with Crippen LogP contribution in [0.2, 0.25) is 0 Å². The van der Waals surface area contributed by atoms with Gasteiger partial charge in [0.2, 0.25) is 0 Å². The molecule has 0 aliphatic rings. The maximum atomic E-state index is 4.58. The normalized spacial score (nSPS) is 11.2. The van der Waals surface area contributed by atoms with Gasteiger partial charge in [-0.15, -0.1) is 0 Å². The molecule has 1 aromatic carbocycles. The van der Waals surface area contributed by atoms with Gasteiger partial charge in [-0.3, -0.25) is 0 Å². The molecule has 1 N–H and O–H groups in total. The molecule has 0 radical (unpaired) electrons. The first-order valence-electron chi connectivity index (χ1n) is 7.06.